The van der Waals surface area contributed by atoms with Crippen molar-refractivity contribution in [2.24, 2.45) is 10.9 Å². The van der Waals surface area contributed by atoms with E-state index in [1.807, 2.05) is 6.08 Å². The minimum atomic E-state index is -0.335. The summed E-state index contributed by atoms with van der Waals surface area (Å²) in [6, 6.07) is 4.61. The molecule has 0 radical (unpaired) electrons. The molecule has 140 valence electrons. The van der Waals surface area contributed by atoms with Gasteiger partial charge in [0.2, 0.25) is 5.89 Å². The largest absolute Gasteiger partial charge is 0.440 e. The second kappa shape index (κ2) is 7.31. The Morgan fingerprint density at radius 2 is 2.15 bits per heavy atom. The highest BCUT2D eigenvalue weighted by atomic mass is 35.5. The standard InChI is InChI=1S/C21H21ClFN3O/c1-13-5-3-7-24-20(14(13)2)21-25-18-12-26(8-4-6-19(18)27-21)17-10-15(22)9-16(23)11-17/h3,5,7,9-11,13H,4,6,8,12H2,1-2H3. The molecule has 0 saturated carbocycles. The Kier molecular flexibility index (Phi) is 4.87. The lowest BCUT2D eigenvalue weighted by molar-refractivity contribution is 0.485. The number of benzene rings is 1. The first-order valence-corrected chi connectivity index (χ1v) is 9.50. The number of rotatable bonds is 2. The Balaban J connectivity index is 1.67. The van der Waals surface area contributed by atoms with Crippen LogP contribution in [-0.2, 0) is 13.0 Å². The maximum atomic E-state index is 13.8. The molecular weight excluding hydrogens is 365 g/mol. The molecule has 1 aromatic heterocycles. The molecule has 0 bridgehead atoms. The molecule has 0 fully saturated rings. The third-order valence-electron chi connectivity index (χ3n) is 5.11. The molecule has 0 amide bonds. The van der Waals surface area contributed by atoms with Crippen LogP contribution in [0.1, 0.15) is 37.6 Å². The lowest BCUT2D eigenvalue weighted by atomic mass is 10.0. The Morgan fingerprint density at radius 1 is 1.30 bits per heavy atom. The normalized spacial score (nSPS) is 19.9. The summed E-state index contributed by atoms with van der Waals surface area (Å²) in [5.41, 5.74) is 3.56. The lowest BCUT2D eigenvalue weighted by Crippen LogP contribution is -2.23. The number of fused-ring (bicyclic) bond motifs is 1. The molecule has 2 aromatic rings. The zero-order valence-corrected chi connectivity index (χ0v) is 16.1. The Hall–Kier alpha value is -2.40. The topological polar surface area (TPSA) is 41.6 Å². The molecule has 0 spiro atoms. The van der Waals surface area contributed by atoms with Crippen LogP contribution in [0.2, 0.25) is 5.02 Å². The van der Waals surface area contributed by atoms with Crippen LogP contribution in [0, 0.1) is 11.7 Å². The van der Waals surface area contributed by atoms with Gasteiger partial charge >= 0.3 is 0 Å². The number of aryl methyl sites for hydroxylation is 1. The number of aromatic nitrogens is 1. The second-order valence-corrected chi connectivity index (χ2v) is 7.46. The fourth-order valence-electron chi connectivity index (χ4n) is 3.46. The number of allylic oxidation sites excluding steroid dienone is 3. The van der Waals surface area contributed by atoms with E-state index < -0.39 is 0 Å². The summed E-state index contributed by atoms with van der Waals surface area (Å²) in [5, 5.41) is 0.394. The van der Waals surface area contributed by atoms with Gasteiger partial charge in [-0.3, -0.25) is 4.99 Å². The van der Waals surface area contributed by atoms with Gasteiger partial charge in [0, 0.05) is 29.9 Å². The van der Waals surface area contributed by atoms with E-state index in [1.165, 1.54) is 12.1 Å². The minimum Gasteiger partial charge on any atom is -0.440 e. The minimum absolute atomic E-state index is 0.278. The summed E-state index contributed by atoms with van der Waals surface area (Å²) < 4.78 is 19.9. The first-order chi connectivity index (χ1) is 13.0. The maximum absolute atomic E-state index is 13.8. The van der Waals surface area contributed by atoms with Gasteiger partial charge in [0.1, 0.15) is 23.0 Å². The fraction of sp³-hybridized carbons (Fsp3) is 0.333. The third kappa shape index (κ3) is 3.69. The van der Waals surface area contributed by atoms with E-state index >= 15 is 0 Å². The third-order valence-corrected chi connectivity index (χ3v) is 5.33. The SMILES string of the molecule is CC1=C(c2nc3c(o2)CCCN(c2cc(F)cc(Cl)c2)C3)N=CC=CC1C. The molecule has 1 atom stereocenters. The van der Waals surface area contributed by atoms with Crippen molar-refractivity contribution >= 4 is 29.2 Å². The first kappa shape index (κ1) is 18.0. The predicted octanol–water partition coefficient (Wildman–Crippen LogP) is 5.43. The average Bonchev–Trinajstić information content (AvgIpc) is 2.79. The smallest absolute Gasteiger partial charge is 0.245 e. The van der Waals surface area contributed by atoms with Gasteiger partial charge in [0.05, 0.1) is 6.54 Å². The number of hydrogen-bond donors (Lipinski definition) is 0. The van der Waals surface area contributed by atoms with Crippen LogP contribution in [0.5, 0.6) is 0 Å². The number of nitrogens with zero attached hydrogens (tertiary/aromatic N) is 3. The lowest BCUT2D eigenvalue weighted by Gasteiger charge is -2.22. The van der Waals surface area contributed by atoms with E-state index in [0.717, 1.165) is 47.8 Å². The molecular formula is C21H21ClFN3O. The fourth-order valence-corrected chi connectivity index (χ4v) is 3.67. The molecule has 1 aromatic carbocycles. The highest BCUT2D eigenvalue weighted by Crippen LogP contribution is 2.31. The Labute approximate surface area is 163 Å². The summed E-state index contributed by atoms with van der Waals surface area (Å²) in [4.78, 5) is 11.4. The van der Waals surface area contributed by atoms with Crippen molar-refractivity contribution in [3.63, 3.8) is 0 Å². The second-order valence-electron chi connectivity index (χ2n) is 7.03. The van der Waals surface area contributed by atoms with Gasteiger partial charge in [-0.15, -0.1) is 0 Å². The van der Waals surface area contributed by atoms with Gasteiger partial charge in [0.15, 0.2) is 0 Å². The van der Waals surface area contributed by atoms with E-state index in [9.17, 15) is 4.39 Å². The molecule has 2 aliphatic heterocycles. The maximum Gasteiger partial charge on any atom is 0.245 e. The van der Waals surface area contributed by atoms with E-state index in [4.69, 9.17) is 21.0 Å². The van der Waals surface area contributed by atoms with Crippen LogP contribution in [0.15, 0.2) is 45.3 Å². The van der Waals surface area contributed by atoms with Gasteiger partial charge in [-0.2, -0.15) is 0 Å². The predicted molar refractivity (Wildman–Crippen MR) is 107 cm³/mol. The summed E-state index contributed by atoms with van der Waals surface area (Å²) in [6.07, 6.45) is 7.53. The number of aliphatic imine (C=N–C) groups is 1. The van der Waals surface area contributed by atoms with Gasteiger partial charge in [-0.1, -0.05) is 24.6 Å². The Morgan fingerprint density at radius 3 is 2.96 bits per heavy atom. The van der Waals surface area contributed by atoms with Crippen LogP contribution in [0.4, 0.5) is 10.1 Å². The quantitative estimate of drug-likeness (QED) is 0.692. The van der Waals surface area contributed by atoms with Gasteiger partial charge in [-0.05, 0) is 49.1 Å². The molecule has 4 nitrogen and oxygen atoms in total. The zero-order chi connectivity index (χ0) is 19.0. The van der Waals surface area contributed by atoms with Crippen molar-refractivity contribution in [1.29, 1.82) is 0 Å². The molecule has 2 aliphatic rings. The van der Waals surface area contributed by atoms with Crippen molar-refractivity contribution in [3.8, 4) is 0 Å². The van der Waals surface area contributed by atoms with Crippen molar-refractivity contribution in [2.75, 3.05) is 11.4 Å². The highest BCUT2D eigenvalue weighted by Gasteiger charge is 2.24. The van der Waals surface area contributed by atoms with Gasteiger partial charge < -0.3 is 9.32 Å². The van der Waals surface area contributed by atoms with Crippen LogP contribution >= 0.6 is 11.6 Å². The van der Waals surface area contributed by atoms with Crippen LogP contribution in [0.25, 0.3) is 5.70 Å². The van der Waals surface area contributed by atoms with Crippen molar-refractivity contribution in [3.05, 3.63) is 64.1 Å². The number of hydrogen-bond acceptors (Lipinski definition) is 4. The number of anilines is 1. The van der Waals surface area contributed by atoms with Crippen LogP contribution in [-0.4, -0.2) is 17.7 Å². The van der Waals surface area contributed by atoms with E-state index in [2.05, 4.69) is 29.8 Å². The molecule has 4 rings (SSSR count). The van der Waals surface area contributed by atoms with Crippen LogP contribution in [0.3, 0.4) is 0 Å². The molecule has 0 saturated heterocycles. The molecule has 0 N–H and O–H groups in total. The van der Waals surface area contributed by atoms with E-state index in [-0.39, 0.29) is 11.7 Å². The monoisotopic (exact) mass is 385 g/mol. The highest BCUT2D eigenvalue weighted by molar-refractivity contribution is 6.30. The number of oxazole rings is 1. The van der Waals surface area contributed by atoms with Gasteiger partial charge in [0.25, 0.3) is 0 Å². The molecule has 0 aliphatic carbocycles. The van der Waals surface area contributed by atoms with Crippen LogP contribution < -0.4 is 4.90 Å². The number of halogens is 2. The average molecular weight is 386 g/mol. The summed E-state index contributed by atoms with van der Waals surface area (Å²) in [6.45, 7) is 5.54. The summed E-state index contributed by atoms with van der Waals surface area (Å²) >= 11 is 6.03. The van der Waals surface area contributed by atoms with E-state index in [0.29, 0.717) is 17.5 Å². The molecule has 6 heteroatoms. The van der Waals surface area contributed by atoms with Crippen molar-refractivity contribution < 1.29 is 8.81 Å². The summed E-state index contributed by atoms with van der Waals surface area (Å²) in [7, 11) is 0. The Bertz CT molecular complexity index is 940. The summed E-state index contributed by atoms with van der Waals surface area (Å²) in [5.74, 6) is 1.39. The zero-order valence-electron chi connectivity index (χ0n) is 15.4. The molecule has 1 unspecified atom stereocenters. The molecule has 3 heterocycles. The van der Waals surface area contributed by atoms with Gasteiger partial charge in [-0.25, -0.2) is 9.37 Å². The van der Waals surface area contributed by atoms with Crippen molar-refractivity contribution in [1.82, 2.24) is 4.98 Å². The van der Waals surface area contributed by atoms with Crippen molar-refractivity contribution in [2.45, 2.75) is 33.2 Å². The first-order valence-electron chi connectivity index (χ1n) is 9.13. The molecule has 27 heavy (non-hydrogen) atoms. The van der Waals surface area contributed by atoms with E-state index in [1.54, 1.807) is 12.3 Å².